The first-order valence-corrected chi connectivity index (χ1v) is 7.98. The fourth-order valence-electron chi connectivity index (χ4n) is 3.56. The maximum Gasteiger partial charge on any atom is 0.338 e. The van der Waals surface area contributed by atoms with Crippen LogP contribution in [-0.4, -0.2) is 17.7 Å². The van der Waals surface area contributed by atoms with Gasteiger partial charge in [0.05, 0.1) is 11.8 Å². The van der Waals surface area contributed by atoms with Crippen molar-refractivity contribution in [3.8, 4) is 0 Å². The Bertz CT molecular complexity index is 819. The van der Waals surface area contributed by atoms with Gasteiger partial charge in [0, 0.05) is 24.0 Å². The zero-order valence-electron chi connectivity index (χ0n) is 13.8. The summed E-state index contributed by atoms with van der Waals surface area (Å²) in [5, 5.41) is 0. The van der Waals surface area contributed by atoms with Crippen LogP contribution in [0.1, 0.15) is 38.0 Å². The van der Waals surface area contributed by atoms with Crippen LogP contribution in [0.3, 0.4) is 0 Å². The molecule has 4 rings (SSSR count). The van der Waals surface area contributed by atoms with Crippen LogP contribution >= 0.6 is 0 Å². The average molecular weight is 326 g/mol. The van der Waals surface area contributed by atoms with E-state index in [1.807, 2.05) is 18.2 Å². The van der Waals surface area contributed by atoms with Gasteiger partial charge in [-0.1, -0.05) is 24.3 Å². The Morgan fingerprint density at radius 1 is 1.21 bits per heavy atom. The number of rotatable bonds is 2. The molecule has 0 N–H and O–H groups in total. The number of ether oxygens (including phenoxy) is 3. The summed E-state index contributed by atoms with van der Waals surface area (Å²) >= 11 is 0. The predicted octanol–water partition coefficient (Wildman–Crippen LogP) is 2.97. The minimum absolute atomic E-state index is 0.0546. The van der Waals surface area contributed by atoms with Crippen LogP contribution < -0.4 is 0 Å². The van der Waals surface area contributed by atoms with Gasteiger partial charge in [-0.25, -0.2) is 9.59 Å². The van der Waals surface area contributed by atoms with Gasteiger partial charge in [0.1, 0.15) is 6.10 Å². The lowest BCUT2D eigenvalue weighted by Gasteiger charge is -2.24. The molecule has 0 spiro atoms. The topological polar surface area (TPSA) is 61.8 Å². The first-order valence-electron chi connectivity index (χ1n) is 7.98. The molecule has 1 aliphatic carbocycles. The van der Waals surface area contributed by atoms with E-state index in [-0.39, 0.29) is 18.0 Å². The van der Waals surface area contributed by atoms with E-state index in [1.165, 1.54) is 11.8 Å². The highest BCUT2D eigenvalue weighted by Crippen LogP contribution is 2.48. The number of hydrogen-bond donors (Lipinski definition) is 0. The number of cyclic esters (lactones) is 1. The fraction of sp³-hybridized carbons (Fsp3) is 0.368. The molecule has 2 heterocycles. The van der Waals surface area contributed by atoms with Gasteiger partial charge in [-0.15, -0.1) is 0 Å². The molecular formula is C19H18O5. The van der Waals surface area contributed by atoms with Crippen molar-refractivity contribution in [2.45, 2.75) is 39.1 Å². The number of benzene rings is 1. The molecule has 124 valence electrons. The van der Waals surface area contributed by atoms with Crippen molar-refractivity contribution in [3.05, 3.63) is 58.4 Å². The first-order chi connectivity index (χ1) is 11.4. The standard InChI is InChI=1S/C19H18O5/c1-10-11(2)19(3,24-17(10)20)22-9-15-14-8-12-6-4-5-7-13(12)16(14)23-18(15)21/h4-7,9,14,16H,8H2,1-3H3/b15-9+/t14-,16-,19?/m1/s1. The molecule has 1 aromatic carbocycles. The van der Waals surface area contributed by atoms with Gasteiger partial charge in [0.25, 0.3) is 5.79 Å². The smallest absolute Gasteiger partial charge is 0.338 e. The molecule has 1 saturated heterocycles. The van der Waals surface area contributed by atoms with Crippen LogP contribution in [0.15, 0.2) is 47.2 Å². The Morgan fingerprint density at radius 3 is 2.67 bits per heavy atom. The minimum atomic E-state index is -1.17. The lowest BCUT2D eigenvalue weighted by Crippen LogP contribution is -2.29. The largest absolute Gasteiger partial charge is 0.456 e. The van der Waals surface area contributed by atoms with E-state index in [0.29, 0.717) is 16.7 Å². The van der Waals surface area contributed by atoms with Crippen LogP contribution in [0.4, 0.5) is 0 Å². The van der Waals surface area contributed by atoms with E-state index in [4.69, 9.17) is 14.2 Å². The molecule has 5 nitrogen and oxygen atoms in total. The van der Waals surface area contributed by atoms with E-state index in [2.05, 4.69) is 6.07 Å². The number of carbonyl (C=O) groups is 2. The third-order valence-corrected chi connectivity index (χ3v) is 5.28. The summed E-state index contributed by atoms with van der Waals surface area (Å²) in [6.07, 6.45) is 1.90. The SMILES string of the molecule is CC1=C(C)C(C)(O/C=C2/C(=O)O[C@@H]3c4ccccc4C[C@H]23)OC1=O. The molecule has 0 radical (unpaired) electrons. The van der Waals surface area contributed by atoms with E-state index < -0.39 is 11.8 Å². The molecule has 0 bridgehead atoms. The van der Waals surface area contributed by atoms with Crippen molar-refractivity contribution in [2.24, 2.45) is 5.92 Å². The summed E-state index contributed by atoms with van der Waals surface area (Å²) < 4.78 is 16.6. The van der Waals surface area contributed by atoms with Gasteiger partial charge in [-0.05, 0) is 31.4 Å². The van der Waals surface area contributed by atoms with Gasteiger partial charge in [-0.2, -0.15) is 0 Å². The Labute approximate surface area is 139 Å². The van der Waals surface area contributed by atoms with Gasteiger partial charge in [0.15, 0.2) is 0 Å². The summed E-state index contributed by atoms with van der Waals surface area (Å²) in [7, 11) is 0. The van der Waals surface area contributed by atoms with Crippen molar-refractivity contribution in [1.82, 2.24) is 0 Å². The zero-order chi connectivity index (χ0) is 17.1. The van der Waals surface area contributed by atoms with Crippen LogP contribution in [0.25, 0.3) is 0 Å². The monoisotopic (exact) mass is 326 g/mol. The zero-order valence-corrected chi connectivity index (χ0v) is 13.8. The second-order valence-corrected chi connectivity index (χ2v) is 6.61. The van der Waals surface area contributed by atoms with Gasteiger partial charge in [0.2, 0.25) is 0 Å². The van der Waals surface area contributed by atoms with E-state index in [0.717, 1.165) is 12.0 Å². The van der Waals surface area contributed by atoms with Crippen LogP contribution in [-0.2, 0) is 30.2 Å². The third-order valence-electron chi connectivity index (χ3n) is 5.28. The highest BCUT2D eigenvalue weighted by atomic mass is 16.7. The molecule has 24 heavy (non-hydrogen) atoms. The normalized spacial score (nSPS) is 32.7. The Hall–Kier alpha value is -2.56. The van der Waals surface area contributed by atoms with Crippen molar-refractivity contribution in [3.63, 3.8) is 0 Å². The number of esters is 2. The second-order valence-electron chi connectivity index (χ2n) is 6.61. The molecule has 0 saturated carbocycles. The molecule has 3 aliphatic rings. The number of fused-ring (bicyclic) bond motifs is 3. The Morgan fingerprint density at radius 2 is 1.96 bits per heavy atom. The summed E-state index contributed by atoms with van der Waals surface area (Å²) in [5.41, 5.74) is 3.99. The molecule has 1 aromatic rings. The van der Waals surface area contributed by atoms with E-state index in [9.17, 15) is 9.59 Å². The number of hydrogen-bond acceptors (Lipinski definition) is 5. The molecule has 1 unspecified atom stereocenters. The molecule has 1 fully saturated rings. The third kappa shape index (κ3) is 2.00. The molecular weight excluding hydrogens is 308 g/mol. The van der Waals surface area contributed by atoms with Gasteiger partial charge < -0.3 is 14.2 Å². The average Bonchev–Trinajstić information content (AvgIpc) is 3.12. The maximum absolute atomic E-state index is 12.2. The van der Waals surface area contributed by atoms with Crippen LogP contribution in [0.5, 0.6) is 0 Å². The second kappa shape index (κ2) is 4.97. The van der Waals surface area contributed by atoms with Crippen molar-refractivity contribution in [1.29, 1.82) is 0 Å². The summed E-state index contributed by atoms with van der Waals surface area (Å²) in [4.78, 5) is 23.9. The molecule has 3 atom stereocenters. The summed E-state index contributed by atoms with van der Waals surface area (Å²) in [5.74, 6) is -1.99. The highest BCUT2D eigenvalue weighted by molar-refractivity contribution is 5.93. The van der Waals surface area contributed by atoms with Crippen LogP contribution in [0, 0.1) is 5.92 Å². The maximum atomic E-state index is 12.2. The molecule has 5 heteroatoms. The van der Waals surface area contributed by atoms with Crippen molar-refractivity contribution < 1.29 is 23.8 Å². The Balaban J connectivity index is 1.61. The van der Waals surface area contributed by atoms with Crippen molar-refractivity contribution >= 4 is 11.9 Å². The molecule has 2 aliphatic heterocycles. The summed E-state index contributed by atoms with van der Waals surface area (Å²) in [6.45, 7) is 5.17. The first kappa shape index (κ1) is 15.0. The lowest BCUT2D eigenvalue weighted by atomic mass is 9.98. The summed E-state index contributed by atoms with van der Waals surface area (Å²) in [6, 6.07) is 7.98. The fourth-order valence-corrected chi connectivity index (χ4v) is 3.56. The number of carbonyl (C=O) groups excluding carboxylic acids is 2. The Kier molecular flexibility index (Phi) is 3.10. The van der Waals surface area contributed by atoms with Gasteiger partial charge >= 0.3 is 11.9 Å². The quantitative estimate of drug-likeness (QED) is 0.475. The molecule has 0 aromatic heterocycles. The predicted molar refractivity (Wildman–Crippen MR) is 84.5 cm³/mol. The minimum Gasteiger partial charge on any atom is -0.456 e. The van der Waals surface area contributed by atoms with Crippen LogP contribution in [0.2, 0.25) is 0 Å². The van der Waals surface area contributed by atoms with Crippen molar-refractivity contribution in [2.75, 3.05) is 0 Å². The van der Waals surface area contributed by atoms with E-state index >= 15 is 0 Å². The lowest BCUT2D eigenvalue weighted by molar-refractivity contribution is -0.177. The van der Waals surface area contributed by atoms with Gasteiger partial charge in [-0.3, -0.25) is 0 Å². The molecule has 0 amide bonds. The van der Waals surface area contributed by atoms with E-state index in [1.54, 1.807) is 20.8 Å². The highest BCUT2D eigenvalue weighted by Gasteiger charge is 2.47.